The maximum Gasteiger partial charge on any atom is 0.271 e. The van der Waals surface area contributed by atoms with Crippen LogP contribution < -0.4 is 10.3 Å². The first-order valence-electron chi connectivity index (χ1n) is 7.98. The Morgan fingerprint density at radius 2 is 1.84 bits per heavy atom. The zero-order chi connectivity index (χ0) is 18.0. The lowest BCUT2D eigenvalue weighted by atomic mass is 10.1. The summed E-state index contributed by atoms with van der Waals surface area (Å²) in [5, 5.41) is 8.44. The van der Waals surface area contributed by atoms with Gasteiger partial charge in [-0.05, 0) is 49.7 Å². The predicted molar refractivity (Wildman–Crippen MR) is 103 cm³/mol. The molecule has 0 saturated carbocycles. The second-order valence-electron chi connectivity index (χ2n) is 6.01. The Morgan fingerprint density at radius 3 is 2.52 bits per heavy atom. The summed E-state index contributed by atoms with van der Waals surface area (Å²) in [6.07, 6.45) is 0.599. The molecule has 1 N–H and O–H groups in total. The average molecular weight is 400 g/mol. The molecule has 0 aromatic heterocycles. The lowest BCUT2D eigenvalue weighted by Gasteiger charge is -2.23. The van der Waals surface area contributed by atoms with Crippen molar-refractivity contribution in [3.8, 4) is 0 Å². The number of carbonyl (C=O) groups is 2. The molecule has 2 aromatic carbocycles. The number of hydrogen-bond acceptors (Lipinski definition) is 3. The van der Waals surface area contributed by atoms with Crippen molar-refractivity contribution >= 4 is 44.8 Å². The first kappa shape index (κ1) is 17.4. The van der Waals surface area contributed by atoms with Crippen LogP contribution in [0.2, 0.25) is 0 Å². The molecule has 25 heavy (non-hydrogen) atoms. The molecule has 1 aliphatic heterocycles. The zero-order valence-electron chi connectivity index (χ0n) is 14.0. The van der Waals surface area contributed by atoms with E-state index in [9.17, 15) is 9.59 Å². The summed E-state index contributed by atoms with van der Waals surface area (Å²) < 4.78 is 0.983. The second kappa shape index (κ2) is 7.19. The van der Waals surface area contributed by atoms with Crippen molar-refractivity contribution in [2.45, 2.75) is 26.7 Å². The minimum absolute atomic E-state index is 0.111. The molecule has 128 valence electrons. The van der Waals surface area contributed by atoms with E-state index >= 15 is 0 Å². The van der Waals surface area contributed by atoms with Gasteiger partial charge < -0.3 is 5.32 Å². The largest absolute Gasteiger partial charge is 0.321 e. The summed E-state index contributed by atoms with van der Waals surface area (Å²) in [5.41, 5.74) is 3.84. The van der Waals surface area contributed by atoms with Crippen LogP contribution in [0.4, 0.5) is 11.4 Å². The number of carbonyl (C=O) groups excluding carboxylic acids is 2. The van der Waals surface area contributed by atoms with Crippen molar-refractivity contribution in [1.82, 2.24) is 0 Å². The molecule has 3 rings (SSSR count). The number of anilines is 2. The SMILES string of the molecule is Cc1ccc(N2N=C(C(=O)Nc3ccc(Br)c(C)c3)CCC2=O)cc1. The second-order valence-corrected chi connectivity index (χ2v) is 6.86. The molecule has 6 heteroatoms. The molecule has 2 amide bonds. The molecule has 0 unspecified atom stereocenters. The molecular formula is C19H18BrN3O2. The van der Waals surface area contributed by atoms with Crippen LogP contribution >= 0.6 is 15.9 Å². The van der Waals surface area contributed by atoms with Crippen molar-refractivity contribution in [2.24, 2.45) is 5.10 Å². The summed E-state index contributed by atoms with van der Waals surface area (Å²) in [4.78, 5) is 24.7. The number of rotatable bonds is 3. The highest BCUT2D eigenvalue weighted by atomic mass is 79.9. The number of benzene rings is 2. The van der Waals surface area contributed by atoms with Crippen LogP contribution in [-0.2, 0) is 9.59 Å². The summed E-state index contributed by atoms with van der Waals surface area (Å²) in [6.45, 7) is 3.93. The Labute approximate surface area is 154 Å². The molecular weight excluding hydrogens is 382 g/mol. The number of halogens is 1. The van der Waals surface area contributed by atoms with Crippen LogP contribution in [0.15, 0.2) is 52.0 Å². The van der Waals surface area contributed by atoms with Crippen molar-refractivity contribution < 1.29 is 9.59 Å². The van der Waals surface area contributed by atoms with Gasteiger partial charge in [0.1, 0.15) is 5.71 Å². The van der Waals surface area contributed by atoms with Crippen molar-refractivity contribution in [3.05, 3.63) is 58.1 Å². The van der Waals surface area contributed by atoms with Gasteiger partial charge in [0.15, 0.2) is 0 Å². The minimum atomic E-state index is -0.286. The number of aryl methyl sites for hydroxylation is 2. The van der Waals surface area contributed by atoms with Crippen LogP contribution in [0.25, 0.3) is 0 Å². The van der Waals surface area contributed by atoms with Crippen LogP contribution in [0, 0.1) is 13.8 Å². The van der Waals surface area contributed by atoms with E-state index in [0.717, 1.165) is 15.6 Å². The van der Waals surface area contributed by atoms with Gasteiger partial charge in [0.2, 0.25) is 5.91 Å². The van der Waals surface area contributed by atoms with Gasteiger partial charge in [0.05, 0.1) is 5.69 Å². The van der Waals surface area contributed by atoms with Gasteiger partial charge in [0, 0.05) is 23.0 Å². The molecule has 0 bridgehead atoms. The van der Waals surface area contributed by atoms with Crippen LogP contribution in [-0.4, -0.2) is 17.5 Å². The van der Waals surface area contributed by atoms with Crippen LogP contribution in [0.5, 0.6) is 0 Å². The standard InChI is InChI=1S/C19H18BrN3O2/c1-12-3-6-15(7-4-12)23-18(24)10-9-17(22-23)19(25)21-14-5-8-16(20)13(2)11-14/h3-8,11H,9-10H2,1-2H3,(H,21,25). The first-order chi connectivity index (χ1) is 11.9. The molecule has 2 aromatic rings. The van der Waals surface area contributed by atoms with Gasteiger partial charge in [-0.1, -0.05) is 33.6 Å². The Bertz CT molecular complexity index is 859. The van der Waals surface area contributed by atoms with Gasteiger partial charge in [0.25, 0.3) is 5.91 Å². The van der Waals surface area contributed by atoms with E-state index in [0.29, 0.717) is 23.5 Å². The molecule has 1 heterocycles. The number of hydrogen-bond donors (Lipinski definition) is 1. The van der Waals surface area contributed by atoms with Gasteiger partial charge in [-0.15, -0.1) is 0 Å². The lowest BCUT2D eigenvalue weighted by molar-refractivity contribution is -0.118. The number of nitrogens with zero attached hydrogens (tertiary/aromatic N) is 2. The topological polar surface area (TPSA) is 61.8 Å². The fraction of sp³-hybridized carbons (Fsp3) is 0.211. The molecule has 5 nitrogen and oxygen atoms in total. The molecule has 0 radical (unpaired) electrons. The number of nitrogens with one attached hydrogen (secondary N) is 1. The van der Waals surface area contributed by atoms with Crippen LogP contribution in [0.3, 0.4) is 0 Å². The maximum atomic E-state index is 12.5. The van der Waals surface area contributed by atoms with Gasteiger partial charge in [-0.2, -0.15) is 5.10 Å². The quantitative estimate of drug-likeness (QED) is 0.840. The van der Waals surface area contributed by atoms with E-state index < -0.39 is 0 Å². The third-order valence-corrected chi connectivity index (χ3v) is 4.88. The molecule has 1 aliphatic rings. The Kier molecular flexibility index (Phi) is 4.99. The maximum absolute atomic E-state index is 12.5. The summed E-state index contributed by atoms with van der Waals surface area (Å²) in [6, 6.07) is 13.1. The predicted octanol–water partition coefficient (Wildman–Crippen LogP) is 4.19. The molecule has 0 aliphatic carbocycles. The Balaban J connectivity index is 1.81. The molecule has 0 spiro atoms. The number of hydrazone groups is 1. The Hall–Kier alpha value is -2.47. The Morgan fingerprint density at radius 1 is 1.12 bits per heavy atom. The van der Waals surface area contributed by atoms with Gasteiger partial charge in [-0.25, -0.2) is 5.01 Å². The highest BCUT2D eigenvalue weighted by Crippen LogP contribution is 2.22. The zero-order valence-corrected chi connectivity index (χ0v) is 15.6. The van der Waals surface area contributed by atoms with Crippen molar-refractivity contribution in [2.75, 3.05) is 10.3 Å². The molecule has 0 fully saturated rings. The fourth-order valence-electron chi connectivity index (χ4n) is 2.53. The van der Waals surface area contributed by atoms with E-state index in [4.69, 9.17) is 0 Å². The monoisotopic (exact) mass is 399 g/mol. The highest BCUT2D eigenvalue weighted by molar-refractivity contribution is 9.10. The first-order valence-corrected chi connectivity index (χ1v) is 8.78. The normalized spacial score (nSPS) is 14.3. The third kappa shape index (κ3) is 3.96. The summed E-state index contributed by atoms with van der Waals surface area (Å²) >= 11 is 3.44. The summed E-state index contributed by atoms with van der Waals surface area (Å²) in [5.74, 6) is -0.397. The highest BCUT2D eigenvalue weighted by Gasteiger charge is 2.25. The minimum Gasteiger partial charge on any atom is -0.321 e. The van der Waals surface area contributed by atoms with Gasteiger partial charge in [-0.3, -0.25) is 9.59 Å². The van der Waals surface area contributed by atoms with Gasteiger partial charge >= 0.3 is 0 Å². The van der Waals surface area contributed by atoms with Crippen molar-refractivity contribution in [3.63, 3.8) is 0 Å². The summed E-state index contributed by atoms with van der Waals surface area (Å²) in [7, 11) is 0. The molecule has 0 atom stereocenters. The van der Waals surface area contributed by atoms with E-state index in [1.165, 1.54) is 5.01 Å². The lowest BCUT2D eigenvalue weighted by Crippen LogP contribution is -2.36. The van der Waals surface area contributed by atoms with Crippen molar-refractivity contribution in [1.29, 1.82) is 0 Å². The van der Waals surface area contributed by atoms with E-state index in [-0.39, 0.29) is 18.2 Å². The van der Waals surface area contributed by atoms with E-state index in [1.54, 1.807) is 0 Å². The molecule has 0 saturated heterocycles. The number of amides is 2. The van der Waals surface area contributed by atoms with Crippen LogP contribution in [0.1, 0.15) is 24.0 Å². The van der Waals surface area contributed by atoms with E-state index in [1.807, 2.05) is 56.3 Å². The average Bonchev–Trinajstić information content (AvgIpc) is 2.59. The fourth-order valence-corrected chi connectivity index (χ4v) is 2.78. The third-order valence-electron chi connectivity index (χ3n) is 3.99. The van der Waals surface area contributed by atoms with E-state index in [2.05, 4.69) is 26.3 Å². The smallest absolute Gasteiger partial charge is 0.271 e.